The first-order valence-corrected chi connectivity index (χ1v) is 15.5. The zero-order valence-electron chi connectivity index (χ0n) is 24.2. The molecular weight excluding hydrogens is 428 g/mol. The summed E-state index contributed by atoms with van der Waals surface area (Å²) in [6, 6.07) is 0. The lowest BCUT2D eigenvalue weighted by molar-refractivity contribution is -0.144. The van der Waals surface area contributed by atoms with Gasteiger partial charge in [0.15, 0.2) is 0 Å². The normalized spacial score (nSPS) is 23.2. The Morgan fingerprint density at radius 1 is 1.00 bits per heavy atom. The van der Waals surface area contributed by atoms with Crippen LogP contribution in [0.5, 0.6) is 0 Å². The number of Topliss-reactive ketones (excluding diaryl/α,β-unsaturated/α-hetero) is 1. The fourth-order valence-corrected chi connectivity index (χ4v) is 12.4. The lowest BCUT2D eigenvalue weighted by Gasteiger charge is -2.53. The Labute approximate surface area is 207 Å². The molecule has 0 N–H and O–H groups in total. The van der Waals surface area contributed by atoms with Crippen molar-refractivity contribution < 1.29 is 18.7 Å². The van der Waals surface area contributed by atoms with Gasteiger partial charge >= 0.3 is 0 Å². The summed E-state index contributed by atoms with van der Waals surface area (Å²) in [5.74, 6) is 1.14. The van der Waals surface area contributed by atoms with Crippen molar-refractivity contribution in [2.24, 2.45) is 23.2 Å². The van der Waals surface area contributed by atoms with Gasteiger partial charge in [-0.15, -0.1) is 0 Å². The molecule has 1 rings (SSSR count). The molecule has 4 nitrogen and oxygen atoms in total. The second kappa shape index (κ2) is 12.1. The zero-order valence-corrected chi connectivity index (χ0v) is 25.2. The lowest BCUT2D eigenvalue weighted by Crippen LogP contribution is -2.57. The van der Waals surface area contributed by atoms with Gasteiger partial charge in [-0.1, -0.05) is 69.2 Å². The van der Waals surface area contributed by atoms with E-state index < -0.39 is 8.32 Å². The molecule has 0 spiro atoms. The Bertz CT molecular complexity index is 587. The van der Waals surface area contributed by atoms with Crippen LogP contribution < -0.4 is 0 Å². The summed E-state index contributed by atoms with van der Waals surface area (Å²) in [4.78, 5) is 13.5. The zero-order chi connectivity index (χ0) is 25.8. The second-order valence-electron chi connectivity index (χ2n) is 13.0. The standard InChI is InChI=1S/C28H56O4Si/c1-19(2)26(32-33(20(3)4,21(5)6)22(7)8)25-24(29)15-14-23(28(25,11)12)16-17-27(9,10)31-18-30-13/h19-23,25-26H,14-18H2,1-13H3/t23-,25+,26-/m1/s1. The molecular formula is C28H56O4Si. The van der Waals surface area contributed by atoms with Crippen LogP contribution >= 0.6 is 0 Å². The number of hydrogen-bond donors (Lipinski definition) is 0. The van der Waals surface area contributed by atoms with Crippen LogP contribution in [-0.2, 0) is 18.7 Å². The molecule has 0 heterocycles. The average molecular weight is 485 g/mol. The third-order valence-electron chi connectivity index (χ3n) is 8.64. The third kappa shape index (κ3) is 7.14. The summed E-state index contributed by atoms with van der Waals surface area (Å²) in [7, 11) is -0.437. The van der Waals surface area contributed by atoms with Crippen molar-refractivity contribution in [3.63, 3.8) is 0 Å². The van der Waals surface area contributed by atoms with E-state index in [0.717, 1.165) is 19.3 Å². The molecule has 0 aromatic carbocycles. The van der Waals surface area contributed by atoms with Crippen molar-refractivity contribution in [2.45, 2.75) is 137 Å². The molecule has 1 fully saturated rings. The summed E-state index contributed by atoms with van der Waals surface area (Å²) in [6.07, 6.45) is 3.63. The van der Waals surface area contributed by atoms with E-state index in [1.807, 2.05) is 0 Å². The summed E-state index contributed by atoms with van der Waals surface area (Å²) in [6.45, 7) is 27.8. The molecule has 1 aliphatic carbocycles. The van der Waals surface area contributed by atoms with Crippen molar-refractivity contribution in [1.82, 2.24) is 0 Å². The average Bonchev–Trinajstić information content (AvgIpc) is 2.66. The van der Waals surface area contributed by atoms with Crippen LogP contribution in [0.2, 0.25) is 16.6 Å². The highest BCUT2D eigenvalue weighted by Crippen LogP contribution is 2.52. The predicted octanol–water partition coefficient (Wildman–Crippen LogP) is 8.00. The van der Waals surface area contributed by atoms with E-state index in [1.54, 1.807) is 7.11 Å². The highest BCUT2D eigenvalue weighted by atomic mass is 28.4. The monoisotopic (exact) mass is 484 g/mol. The fourth-order valence-electron chi connectivity index (χ4n) is 6.68. The maximum Gasteiger partial charge on any atom is 0.200 e. The first kappa shape index (κ1) is 30.8. The van der Waals surface area contributed by atoms with Crippen LogP contribution in [0.25, 0.3) is 0 Å². The largest absolute Gasteiger partial charge is 0.412 e. The Hall–Kier alpha value is -0.233. The first-order chi connectivity index (χ1) is 15.0. The van der Waals surface area contributed by atoms with Crippen molar-refractivity contribution in [2.75, 3.05) is 13.9 Å². The van der Waals surface area contributed by atoms with Crippen LogP contribution in [0.15, 0.2) is 0 Å². The van der Waals surface area contributed by atoms with Gasteiger partial charge in [-0.2, -0.15) is 0 Å². The van der Waals surface area contributed by atoms with Crippen molar-refractivity contribution in [1.29, 1.82) is 0 Å². The fraction of sp³-hybridized carbons (Fsp3) is 0.964. The molecule has 1 aliphatic rings. The van der Waals surface area contributed by atoms with Gasteiger partial charge in [-0.25, -0.2) is 0 Å². The summed E-state index contributed by atoms with van der Waals surface area (Å²) >= 11 is 0. The number of ether oxygens (including phenoxy) is 2. The number of carbonyl (C=O) groups excluding carboxylic acids is 1. The van der Waals surface area contributed by atoms with Gasteiger partial charge in [0.25, 0.3) is 0 Å². The van der Waals surface area contributed by atoms with E-state index in [1.165, 1.54) is 0 Å². The molecule has 0 aliphatic heterocycles. The first-order valence-electron chi connectivity index (χ1n) is 13.4. The van der Waals surface area contributed by atoms with Crippen LogP contribution in [0.4, 0.5) is 0 Å². The van der Waals surface area contributed by atoms with Crippen molar-refractivity contribution in [3.05, 3.63) is 0 Å². The van der Waals surface area contributed by atoms with E-state index in [0.29, 0.717) is 47.5 Å². The molecule has 0 bridgehead atoms. The molecule has 0 unspecified atom stereocenters. The van der Waals surface area contributed by atoms with Gasteiger partial charge in [-0.05, 0) is 67.0 Å². The summed E-state index contributed by atoms with van der Waals surface area (Å²) in [5.41, 5.74) is 1.19. The topological polar surface area (TPSA) is 44.8 Å². The number of hydrogen-bond acceptors (Lipinski definition) is 4. The van der Waals surface area contributed by atoms with Gasteiger partial charge in [0.05, 0.1) is 11.7 Å². The van der Waals surface area contributed by atoms with Crippen molar-refractivity contribution in [3.8, 4) is 0 Å². The maximum atomic E-state index is 13.5. The quantitative estimate of drug-likeness (QED) is 0.196. The van der Waals surface area contributed by atoms with Gasteiger partial charge in [0.2, 0.25) is 8.32 Å². The highest BCUT2D eigenvalue weighted by molar-refractivity contribution is 6.77. The third-order valence-corrected chi connectivity index (χ3v) is 14.7. The number of ketones is 1. The number of carbonyl (C=O) groups is 1. The van der Waals surface area contributed by atoms with E-state index in [-0.39, 0.29) is 23.0 Å². The molecule has 1 saturated carbocycles. The SMILES string of the molecule is COCOC(C)(C)CC[C@H]1CCC(=O)[C@@H]([C@H](O[Si](C(C)C)(C(C)C)C(C)C)C(C)C)C1(C)C. The summed E-state index contributed by atoms with van der Waals surface area (Å²) in [5, 5.41) is 0. The Morgan fingerprint density at radius 3 is 1.94 bits per heavy atom. The number of rotatable bonds is 13. The minimum Gasteiger partial charge on any atom is -0.412 e. The van der Waals surface area contributed by atoms with E-state index in [2.05, 4.69) is 83.1 Å². The molecule has 0 radical (unpaired) electrons. The molecule has 0 aromatic rings. The van der Waals surface area contributed by atoms with Crippen molar-refractivity contribution >= 4 is 14.1 Å². The highest BCUT2D eigenvalue weighted by Gasteiger charge is 2.54. The van der Waals surface area contributed by atoms with Gasteiger partial charge in [0, 0.05) is 19.4 Å². The van der Waals surface area contributed by atoms with E-state index in [9.17, 15) is 4.79 Å². The molecule has 33 heavy (non-hydrogen) atoms. The molecule has 0 saturated heterocycles. The maximum absolute atomic E-state index is 13.5. The van der Waals surface area contributed by atoms with Crippen LogP contribution in [-0.4, -0.2) is 39.7 Å². The van der Waals surface area contributed by atoms with E-state index >= 15 is 0 Å². The molecule has 3 atom stereocenters. The Kier molecular flexibility index (Phi) is 11.3. The van der Waals surface area contributed by atoms with Gasteiger partial charge < -0.3 is 13.9 Å². The minimum absolute atomic E-state index is 0.0214. The lowest BCUT2D eigenvalue weighted by atomic mass is 9.57. The van der Waals surface area contributed by atoms with Crippen LogP contribution in [0.3, 0.4) is 0 Å². The molecule has 0 aromatic heterocycles. The van der Waals surface area contributed by atoms with Gasteiger partial charge in [-0.3, -0.25) is 4.79 Å². The summed E-state index contributed by atoms with van der Waals surface area (Å²) < 4.78 is 18.4. The molecule has 5 heteroatoms. The molecule has 196 valence electrons. The number of methoxy groups -OCH3 is 1. The molecule has 0 amide bonds. The minimum atomic E-state index is -2.10. The van der Waals surface area contributed by atoms with Gasteiger partial charge in [0.1, 0.15) is 12.6 Å². The Balaban J connectivity index is 3.27. The Morgan fingerprint density at radius 2 is 1.52 bits per heavy atom. The smallest absolute Gasteiger partial charge is 0.200 e. The second-order valence-corrected chi connectivity index (χ2v) is 18.4. The van der Waals surface area contributed by atoms with E-state index in [4.69, 9.17) is 13.9 Å². The van der Waals surface area contributed by atoms with Crippen LogP contribution in [0.1, 0.15) is 109 Å². The predicted molar refractivity (Wildman–Crippen MR) is 142 cm³/mol. The van der Waals surface area contributed by atoms with Crippen LogP contribution in [0, 0.1) is 23.2 Å².